The average Bonchev–Trinajstić information content (AvgIpc) is 3.87. The molecule has 7 aromatic carbocycles. The van der Waals surface area contributed by atoms with Gasteiger partial charge in [0.2, 0.25) is 0 Å². The molecule has 0 radical (unpaired) electrons. The van der Waals surface area contributed by atoms with Crippen molar-refractivity contribution in [3.63, 3.8) is 0 Å². The quantitative estimate of drug-likeness (QED) is 0.187. The highest BCUT2D eigenvalue weighted by Crippen LogP contribution is 2.43. The Hall–Kier alpha value is -6.63. The number of fused-ring (bicyclic) bond motifs is 10. The monoisotopic (exact) mass is 670 g/mol. The maximum atomic E-state index is 6.81. The standard InChI is InChI=1S/C45H26N4OS/c1-3-12-27(13-4-1)43-46-44(28-22-25-39-35(26-28)31-17-8-10-21-38(31)51-39)48-45(47-43)34-19-11-18-33-40-37(50-42(33)34)24-23-32-30-16-7-9-20-36(30)49(41(32)40)29-14-5-2-6-15-29/h1-26H. The lowest BCUT2D eigenvalue weighted by Crippen LogP contribution is -2.00. The molecule has 0 saturated carbocycles. The van der Waals surface area contributed by atoms with Crippen LogP contribution >= 0.6 is 11.3 Å². The van der Waals surface area contributed by atoms with Gasteiger partial charge in [0.1, 0.15) is 11.2 Å². The first-order valence-electron chi connectivity index (χ1n) is 16.9. The summed E-state index contributed by atoms with van der Waals surface area (Å²) in [6.45, 7) is 0. The van der Waals surface area contributed by atoms with Crippen molar-refractivity contribution in [1.82, 2.24) is 19.5 Å². The second-order valence-corrected chi connectivity index (χ2v) is 13.9. The van der Waals surface area contributed by atoms with E-state index in [-0.39, 0.29) is 0 Å². The third-order valence-corrected chi connectivity index (χ3v) is 11.0. The highest BCUT2D eigenvalue weighted by molar-refractivity contribution is 7.25. The first-order valence-corrected chi connectivity index (χ1v) is 17.8. The summed E-state index contributed by atoms with van der Waals surface area (Å²) in [5.41, 5.74) is 7.63. The van der Waals surface area contributed by atoms with Crippen LogP contribution in [0.15, 0.2) is 162 Å². The molecule has 51 heavy (non-hydrogen) atoms. The van der Waals surface area contributed by atoms with Crippen molar-refractivity contribution < 1.29 is 4.42 Å². The molecular formula is C45H26N4OS. The number of hydrogen-bond acceptors (Lipinski definition) is 5. The number of rotatable bonds is 4. The van der Waals surface area contributed by atoms with Crippen molar-refractivity contribution >= 4 is 75.3 Å². The molecule has 6 heteroatoms. The summed E-state index contributed by atoms with van der Waals surface area (Å²) in [5, 5.41) is 6.91. The van der Waals surface area contributed by atoms with Gasteiger partial charge in [0.15, 0.2) is 17.5 Å². The van der Waals surface area contributed by atoms with E-state index < -0.39 is 0 Å². The lowest BCUT2D eigenvalue weighted by atomic mass is 10.1. The molecule has 0 aliphatic carbocycles. The Bertz CT molecular complexity index is 3140. The molecule has 5 nitrogen and oxygen atoms in total. The van der Waals surface area contributed by atoms with Gasteiger partial charge in [0.25, 0.3) is 0 Å². The molecule has 238 valence electrons. The van der Waals surface area contributed by atoms with E-state index in [9.17, 15) is 0 Å². The van der Waals surface area contributed by atoms with Crippen LogP contribution < -0.4 is 0 Å². The van der Waals surface area contributed by atoms with E-state index in [0.29, 0.717) is 17.5 Å². The van der Waals surface area contributed by atoms with Crippen molar-refractivity contribution in [1.29, 1.82) is 0 Å². The Morgan fingerprint density at radius 3 is 2.02 bits per heavy atom. The molecule has 0 spiro atoms. The first kappa shape index (κ1) is 28.2. The molecule has 0 unspecified atom stereocenters. The summed E-state index contributed by atoms with van der Waals surface area (Å²) in [6, 6.07) is 54.9. The van der Waals surface area contributed by atoms with Crippen LogP contribution in [0.25, 0.3) is 104 Å². The van der Waals surface area contributed by atoms with Crippen molar-refractivity contribution in [3.05, 3.63) is 158 Å². The molecule has 0 bridgehead atoms. The van der Waals surface area contributed by atoms with Gasteiger partial charge in [-0.3, -0.25) is 0 Å². The van der Waals surface area contributed by atoms with Gasteiger partial charge >= 0.3 is 0 Å². The van der Waals surface area contributed by atoms with E-state index in [1.807, 2.05) is 30.3 Å². The summed E-state index contributed by atoms with van der Waals surface area (Å²) in [4.78, 5) is 15.3. The van der Waals surface area contributed by atoms with Crippen molar-refractivity contribution in [2.75, 3.05) is 0 Å². The van der Waals surface area contributed by atoms with Crippen LogP contribution in [-0.4, -0.2) is 19.5 Å². The summed E-state index contributed by atoms with van der Waals surface area (Å²) in [5.74, 6) is 1.81. The zero-order chi connectivity index (χ0) is 33.5. The summed E-state index contributed by atoms with van der Waals surface area (Å²) < 4.78 is 11.7. The fourth-order valence-electron chi connectivity index (χ4n) is 7.57. The third-order valence-electron chi connectivity index (χ3n) is 9.85. The highest BCUT2D eigenvalue weighted by atomic mass is 32.1. The fraction of sp³-hybridized carbons (Fsp3) is 0. The second-order valence-electron chi connectivity index (χ2n) is 12.8. The molecule has 0 atom stereocenters. The van der Waals surface area contributed by atoms with E-state index in [1.165, 1.54) is 30.9 Å². The van der Waals surface area contributed by atoms with Gasteiger partial charge < -0.3 is 8.98 Å². The van der Waals surface area contributed by atoms with Gasteiger partial charge in [-0.2, -0.15) is 0 Å². The van der Waals surface area contributed by atoms with Crippen LogP contribution in [0.2, 0.25) is 0 Å². The molecule has 4 heterocycles. The van der Waals surface area contributed by atoms with Gasteiger partial charge in [-0.05, 0) is 60.7 Å². The van der Waals surface area contributed by atoms with Crippen molar-refractivity contribution in [2.24, 2.45) is 0 Å². The molecule has 11 rings (SSSR count). The van der Waals surface area contributed by atoms with E-state index >= 15 is 0 Å². The summed E-state index contributed by atoms with van der Waals surface area (Å²) >= 11 is 1.80. The molecule has 11 aromatic rings. The number of nitrogens with zero attached hydrogens (tertiary/aromatic N) is 4. The topological polar surface area (TPSA) is 56.7 Å². The second kappa shape index (κ2) is 10.9. The van der Waals surface area contributed by atoms with Gasteiger partial charge in [-0.15, -0.1) is 11.3 Å². The number of aromatic nitrogens is 4. The minimum atomic E-state index is 0.568. The smallest absolute Gasteiger partial charge is 0.167 e. The predicted molar refractivity (Wildman–Crippen MR) is 211 cm³/mol. The number of hydrogen-bond donors (Lipinski definition) is 0. The number of thiophene rings is 1. The van der Waals surface area contributed by atoms with Crippen LogP contribution in [0.1, 0.15) is 0 Å². The fourth-order valence-corrected chi connectivity index (χ4v) is 8.65. The zero-order valence-corrected chi connectivity index (χ0v) is 27.9. The maximum absolute atomic E-state index is 6.81. The Morgan fingerprint density at radius 2 is 1.16 bits per heavy atom. The Kier molecular flexibility index (Phi) is 6.05. The molecule has 0 saturated heterocycles. The largest absolute Gasteiger partial charge is 0.455 e. The summed E-state index contributed by atoms with van der Waals surface area (Å²) in [7, 11) is 0. The molecule has 0 aliphatic rings. The van der Waals surface area contributed by atoms with Gasteiger partial charge in [-0.25, -0.2) is 15.0 Å². The van der Waals surface area contributed by atoms with E-state index in [0.717, 1.165) is 55.3 Å². The maximum Gasteiger partial charge on any atom is 0.167 e. The predicted octanol–water partition coefficient (Wildman–Crippen LogP) is 12.2. The lowest BCUT2D eigenvalue weighted by molar-refractivity contribution is 0.669. The van der Waals surface area contributed by atoms with Crippen molar-refractivity contribution in [2.45, 2.75) is 0 Å². The van der Waals surface area contributed by atoms with E-state index in [1.54, 1.807) is 11.3 Å². The van der Waals surface area contributed by atoms with E-state index in [4.69, 9.17) is 19.4 Å². The van der Waals surface area contributed by atoms with E-state index in [2.05, 4.69) is 132 Å². The van der Waals surface area contributed by atoms with Gasteiger partial charge in [0.05, 0.1) is 22.0 Å². The van der Waals surface area contributed by atoms with Crippen molar-refractivity contribution in [3.8, 4) is 39.9 Å². The number of benzene rings is 7. The highest BCUT2D eigenvalue weighted by Gasteiger charge is 2.22. The van der Waals surface area contributed by atoms with Crippen LogP contribution in [0, 0.1) is 0 Å². The molecule has 0 aliphatic heterocycles. The first-order chi connectivity index (χ1) is 25.3. The van der Waals surface area contributed by atoms with Gasteiger partial charge in [-0.1, -0.05) is 97.1 Å². The SMILES string of the molecule is c1ccc(-c2nc(-c3ccc4sc5ccccc5c4c3)nc(-c3cccc4c3oc3ccc5c6ccccc6n(-c6ccccc6)c5c34)n2)cc1. The van der Waals surface area contributed by atoms with Crippen LogP contribution in [-0.2, 0) is 0 Å². The third kappa shape index (κ3) is 4.30. The average molecular weight is 671 g/mol. The van der Waals surface area contributed by atoms with Crippen LogP contribution in [0.3, 0.4) is 0 Å². The molecule has 4 aromatic heterocycles. The van der Waals surface area contributed by atoms with Crippen LogP contribution in [0.5, 0.6) is 0 Å². The van der Waals surface area contributed by atoms with Gasteiger partial charge in [0, 0.05) is 53.1 Å². The zero-order valence-electron chi connectivity index (χ0n) is 27.1. The summed E-state index contributed by atoms with van der Waals surface area (Å²) in [6.07, 6.45) is 0. The minimum Gasteiger partial charge on any atom is -0.455 e. The Balaban J connectivity index is 1.18. The molecule has 0 fully saturated rings. The number of para-hydroxylation sites is 3. The Morgan fingerprint density at radius 1 is 0.471 bits per heavy atom. The lowest BCUT2D eigenvalue weighted by Gasteiger charge is -2.09. The van der Waals surface area contributed by atoms with Crippen LogP contribution in [0.4, 0.5) is 0 Å². The minimum absolute atomic E-state index is 0.568. The molecular weight excluding hydrogens is 645 g/mol. The normalized spacial score (nSPS) is 11.9. The Labute approximate surface area is 295 Å². The molecule has 0 N–H and O–H groups in total. The molecule has 0 amide bonds. The number of furan rings is 1.